The van der Waals surface area contributed by atoms with Crippen molar-refractivity contribution in [3.8, 4) is 5.75 Å². The number of carbonyl (C=O) groups excluding carboxylic acids is 1. The summed E-state index contributed by atoms with van der Waals surface area (Å²) in [5, 5.41) is 2.06. The molecule has 3 rings (SSSR count). The number of nitrogens with zero attached hydrogens (tertiary/aromatic N) is 1. The van der Waals surface area contributed by atoms with E-state index in [1.807, 2.05) is 0 Å². The number of halogens is 3. The zero-order valence-electron chi connectivity index (χ0n) is 16.9. The van der Waals surface area contributed by atoms with Crippen LogP contribution in [0.2, 0.25) is 0 Å². The normalized spacial score (nSPS) is 11.1. The quantitative estimate of drug-likeness (QED) is 0.538. The summed E-state index contributed by atoms with van der Waals surface area (Å²) in [6.45, 7) is 1.39. The maximum absolute atomic E-state index is 13.9. The molecule has 168 valence electrons. The predicted molar refractivity (Wildman–Crippen MR) is 114 cm³/mol. The Labute approximate surface area is 183 Å². The highest BCUT2D eigenvalue weighted by atomic mass is 32.2. The Morgan fingerprint density at radius 2 is 1.53 bits per heavy atom. The summed E-state index contributed by atoms with van der Waals surface area (Å²) >= 11 is 0. The second kappa shape index (κ2) is 9.73. The van der Waals surface area contributed by atoms with Gasteiger partial charge in [0.15, 0.2) is 0 Å². The Balaban J connectivity index is 1.96. The van der Waals surface area contributed by atoms with Gasteiger partial charge in [-0.25, -0.2) is 21.6 Å². The van der Waals surface area contributed by atoms with Crippen LogP contribution < -0.4 is 14.4 Å². The summed E-state index contributed by atoms with van der Waals surface area (Å²) in [6, 6.07) is 13.0. The van der Waals surface area contributed by atoms with Crippen molar-refractivity contribution in [1.82, 2.24) is 0 Å². The van der Waals surface area contributed by atoms with Crippen LogP contribution in [0.15, 0.2) is 71.6 Å². The Hall–Kier alpha value is -3.53. The van der Waals surface area contributed by atoms with Gasteiger partial charge in [0, 0.05) is 0 Å². The van der Waals surface area contributed by atoms with Gasteiger partial charge in [0.25, 0.3) is 10.0 Å². The van der Waals surface area contributed by atoms with Gasteiger partial charge >= 0.3 is 0 Å². The summed E-state index contributed by atoms with van der Waals surface area (Å²) in [4.78, 5) is 12.3. The van der Waals surface area contributed by atoms with Crippen molar-refractivity contribution >= 4 is 27.3 Å². The molecule has 0 heterocycles. The summed E-state index contributed by atoms with van der Waals surface area (Å²) in [6.07, 6.45) is 0. The van der Waals surface area contributed by atoms with Crippen molar-refractivity contribution in [1.29, 1.82) is 0 Å². The first-order chi connectivity index (χ1) is 15.2. The molecular formula is C22H19F3N2O4S. The third-order valence-electron chi connectivity index (χ3n) is 4.35. The highest BCUT2D eigenvalue weighted by Crippen LogP contribution is 2.26. The number of rotatable bonds is 8. The van der Waals surface area contributed by atoms with E-state index in [0.29, 0.717) is 12.4 Å². The molecule has 10 heteroatoms. The average molecular weight is 464 g/mol. The van der Waals surface area contributed by atoms with Gasteiger partial charge in [0.2, 0.25) is 5.91 Å². The first kappa shape index (κ1) is 23.1. The first-order valence-corrected chi connectivity index (χ1v) is 10.9. The van der Waals surface area contributed by atoms with Crippen LogP contribution in [0, 0.1) is 17.5 Å². The van der Waals surface area contributed by atoms with Gasteiger partial charge in [-0.05, 0) is 67.6 Å². The van der Waals surface area contributed by atoms with Crippen LogP contribution in [0.3, 0.4) is 0 Å². The lowest BCUT2D eigenvalue weighted by atomic mass is 10.3. The third kappa shape index (κ3) is 5.20. The second-order valence-electron chi connectivity index (χ2n) is 6.54. The molecule has 0 aliphatic heterocycles. The Morgan fingerprint density at radius 3 is 2.09 bits per heavy atom. The van der Waals surface area contributed by atoms with Crippen molar-refractivity contribution in [3.63, 3.8) is 0 Å². The Bertz CT molecular complexity index is 1180. The van der Waals surface area contributed by atoms with E-state index in [1.165, 1.54) is 24.3 Å². The van der Waals surface area contributed by atoms with Gasteiger partial charge in [-0.2, -0.15) is 0 Å². The van der Waals surface area contributed by atoms with E-state index in [2.05, 4.69) is 5.32 Å². The van der Waals surface area contributed by atoms with E-state index in [4.69, 9.17) is 4.74 Å². The minimum absolute atomic E-state index is 0.0990. The van der Waals surface area contributed by atoms with Gasteiger partial charge in [-0.1, -0.05) is 6.07 Å². The molecule has 0 bridgehead atoms. The maximum Gasteiger partial charge on any atom is 0.264 e. The Kier molecular flexibility index (Phi) is 7.04. The van der Waals surface area contributed by atoms with E-state index >= 15 is 0 Å². The number of nitrogens with one attached hydrogen (secondary N) is 1. The van der Waals surface area contributed by atoms with Crippen LogP contribution >= 0.6 is 0 Å². The fraction of sp³-hybridized carbons (Fsp3) is 0.136. The van der Waals surface area contributed by atoms with Crippen molar-refractivity contribution in [2.24, 2.45) is 0 Å². The fourth-order valence-electron chi connectivity index (χ4n) is 2.85. The molecule has 0 aliphatic rings. The molecule has 0 aromatic heterocycles. The molecule has 0 saturated carbocycles. The van der Waals surface area contributed by atoms with E-state index in [0.717, 1.165) is 46.8 Å². The number of hydrogen-bond acceptors (Lipinski definition) is 4. The van der Waals surface area contributed by atoms with E-state index in [1.54, 1.807) is 6.92 Å². The number of amides is 1. The molecule has 0 atom stereocenters. The van der Waals surface area contributed by atoms with Crippen LogP contribution in [0.25, 0.3) is 0 Å². The summed E-state index contributed by atoms with van der Waals surface area (Å²) in [5.74, 6) is -3.15. The van der Waals surface area contributed by atoms with Crippen LogP contribution in [0.4, 0.5) is 24.5 Å². The largest absolute Gasteiger partial charge is 0.494 e. The molecule has 1 N–H and O–H groups in total. The summed E-state index contributed by atoms with van der Waals surface area (Å²) in [5.41, 5.74) is -0.592. The summed E-state index contributed by atoms with van der Waals surface area (Å²) < 4.78 is 73.6. The smallest absolute Gasteiger partial charge is 0.264 e. The highest BCUT2D eigenvalue weighted by molar-refractivity contribution is 7.92. The highest BCUT2D eigenvalue weighted by Gasteiger charge is 2.28. The van der Waals surface area contributed by atoms with Gasteiger partial charge in [0.05, 0.1) is 17.2 Å². The lowest BCUT2D eigenvalue weighted by Crippen LogP contribution is -2.38. The predicted octanol–water partition coefficient (Wildman–Crippen LogP) is 4.34. The molecular weight excluding hydrogens is 445 g/mol. The number of sulfonamides is 1. The van der Waals surface area contributed by atoms with Crippen LogP contribution in [-0.4, -0.2) is 27.5 Å². The zero-order valence-corrected chi connectivity index (χ0v) is 17.7. The Morgan fingerprint density at radius 1 is 0.938 bits per heavy atom. The van der Waals surface area contributed by atoms with Crippen molar-refractivity contribution in [2.75, 3.05) is 22.8 Å². The monoisotopic (exact) mass is 464 g/mol. The molecule has 0 aliphatic carbocycles. The van der Waals surface area contributed by atoms with E-state index < -0.39 is 45.6 Å². The lowest BCUT2D eigenvalue weighted by Gasteiger charge is -2.24. The number of carbonyl (C=O) groups is 1. The van der Waals surface area contributed by atoms with Crippen molar-refractivity contribution < 1.29 is 31.1 Å². The molecule has 0 radical (unpaired) electrons. The number of hydrogen-bond donors (Lipinski definition) is 1. The SMILES string of the molecule is CCOc1ccc(N(CC(=O)Nc2c(F)cccc2F)S(=O)(=O)c2ccc(F)cc2)cc1. The third-order valence-corrected chi connectivity index (χ3v) is 6.14. The van der Waals surface area contributed by atoms with Gasteiger partial charge in [-0.3, -0.25) is 9.10 Å². The zero-order chi connectivity index (χ0) is 23.3. The molecule has 0 fully saturated rings. The molecule has 3 aromatic carbocycles. The number of ether oxygens (including phenoxy) is 1. The summed E-state index contributed by atoms with van der Waals surface area (Å²) in [7, 11) is -4.33. The minimum Gasteiger partial charge on any atom is -0.494 e. The van der Waals surface area contributed by atoms with Crippen molar-refractivity contribution in [2.45, 2.75) is 11.8 Å². The molecule has 0 saturated heterocycles. The van der Waals surface area contributed by atoms with Gasteiger partial charge in [0.1, 0.15) is 35.4 Å². The van der Waals surface area contributed by atoms with Gasteiger partial charge < -0.3 is 10.1 Å². The second-order valence-corrected chi connectivity index (χ2v) is 8.40. The van der Waals surface area contributed by atoms with Crippen LogP contribution in [0.5, 0.6) is 5.75 Å². The average Bonchev–Trinajstić information content (AvgIpc) is 2.76. The molecule has 3 aromatic rings. The number of anilines is 2. The topological polar surface area (TPSA) is 75.7 Å². The maximum atomic E-state index is 13.9. The van der Waals surface area contributed by atoms with E-state index in [-0.39, 0.29) is 10.6 Å². The molecule has 1 amide bonds. The van der Waals surface area contributed by atoms with E-state index in [9.17, 15) is 26.4 Å². The lowest BCUT2D eigenvalue weighted by molar-refractivity contribution is -0.114. The number of para-hydroxylation sites is 1. The standard InChI is InChI=1S/C22H19F3N2O4S/c1-2-31-17-10-8-16(9-11-17)27(32(29,30)18-12-6-15(23)7-13-18)14-21(28)26-22-19(24)4-3-5-20(22)25/h3-13H,2,14H2,1H3,(H,26,28). The minimum atomic E-state index is -4.33. The van der Waals surface area contributed by atoms with Crippen LogP contribution in [0.1, 0.15) is 6.92 Å². The fourth-order valence-corrected chi connectivity index (χ4v) is 4.27. The molecule has 0 spiro atoms. The number of benzene rings is 3. The first-order valence-electron chi connectivity index (χ1n) is 9.47. The van der Waals surface area contributed by atoms with Gasteiger partial charge in [-0.15, -0.1) is 0 Å². The van der Waals surface area contributed by atoms with Crippen LogP contribution in [-0.2, 0) is 14.8 Å². The molecule has 6 nitrogen and oxygen atoms in total. The molecule has 0 unspecified atom stereocenters. The molecule has 32 heavy (non-hydrogen) atoms. The van der Waals surface area contributed by atoms with Crippen molar-refractivity contribution in [3.05, 3.63) is 84.2 Å².